The quantitative estimate of drug-likeness (QED) is 0.863. The van der Waals surface area contributed by atoms with Gasteiger partial charge >= 0.3 is 0 Å². The summed E-state index contributed by atoms with van der Waals surface area (Å²) >= 11 is 0. The van der Waals surface area contributed by atoms with Crippen LogP contribution in [0.3, 0.4) is 0 Å². The van der Waals surface area contributed by atoms with E-state index in [4.69, 9.17) is 5.73 Å². The van der Waals surface area contributed by atoms with Gasteiger partial charge in [-0.3, -0.25) is 0 Å². The van der Waals surface area contributed by atoms with Crippen molar-refractivity contribution < 1.29 is 8.42 Å². The molecule has 3 nitrogen and oxygen atoms in total. The van der Waals surface area contributed by atoms with Crippen molar-refractivity contribution in [3.05, 3.63) is 29.8 Å². The molecule has 0 amide bonds. The molecule has 1 rings (SSSR count). The molecule has 0 fully saturated rings. The zero-order valence-electron chi connectivity index (χ0n) is 11.4. The smallest absolute Gasteiger partial charge is 0.178 e. The van der Waals surface area contributed by atoms with Crippen molar-refractivity contribution in [1.82, 2.24) is 0 Å². The van der Waals surface area contributed by atoms with Crippen LogP contribution in [0.15, 0.2) is 29.2 Å². The predicted molar refractivity (Wildman–Crippen MR) is 75.5 cm³/mol. The van der Waals surface area contributed by atoms with Gasteiger partial charge < -0.3 is 5.73 Å². The van der Waals surface area contributed by atoms with E-state index in [0.717, 1.165) is 12.0 Å². The molecule has 0 spiro atoms. The predicted octanol–water partition coefficient (Wildman–Crippen LogP) is 2.71. The number of hydrogen-bond donors (Lipinski definition) is 1. The summed E-state index contributed by atoms with van der Waals surface area (Å²) < 4.78 is 24.1. The number of sulfone groups is 1. The Kier molecular flexibility index (Phi) is 5.35. The van der Waals surface area contributed by atoms with E-state index in [2.05, 4.69) is 13.8 Å². The molecule has 2 N–H and O–H groups in total. The highest BCUT2D eigenvalue weighted by atomic mass is 32.2. The molecule has 1 unspecified atom stereocenters. The third-order valence-corrected chi connectivity index (χ3v) is 4.79. The summed E-state index contributed by atoms with van der Waals surface area (Å²) in [5.41, 5.74) is 6.78. The van der Waals surface area contributed by atoms with Gasteiger partial charge in [0.15, 0.2) is 9.84 Å². The molecule has 4 heteroatoms. The molecule has 0 heterocycles. The normalized spacial score (nSPS) is 13.8. The number of nitrogens with two attached hydrogens (primary N) is 1. The van der Waals surface area contributed by atoms with Crippen molar-refractivity contribution in [2.75, 3.05) is 5.75 Å². The minimum Gasteiger partial charge on any atom is -0.328 e. The maximum Gasteiger partial charge on any atom is 0.178 e. The molecule has 0 radical (unpaired) electrons. The molecule has 0 aliphatic heterocycles. The van der Waals surface area contributed by atoms with Gasteiger partial charge in [0.1, 0.15) is 0 Å². The van der Waals surface area contributed by atoms with Gasteiger partial charge in [-0.1, -0.05) is 26.0 Å². The molecule has 102 valence electrons. The lowest BCUT2D eigenvalue weighted by Crippen LogP contribution is -2.16. The molecule has 0 aliphatic carbocycles. The second-order valence-corrected chi connectivity index (χ2v) is 7.27. The van der Waals surface area contributed by atoms with Crippen LogP contribution in [0.1, 0.15) is 45.1 Å². The Morgan fingerprint density at radius 3 is 2.11 bits per heavy atom. The van der Waals surface area contributed by atoms with E-state index in [0.29, 0.717) is 17.2 Å². The average molecular weight is 269 g/mol. The zero-order chi connectivity index (χ0) is 13.8. The van der Waals surface area contributed by atoms with E-state index < -0.39 is 9.84 Å². The van der Waals surface area contributed by atoms with E-state index in [-0.39, 0.29) is 11.8 Å². The first-order valence-corrected chi connectivity index (χ1v) is 8.06. The Labute approximate surface area is 110 Å². The molecule has 1 atom stereocenters. The van der Waals surface area contributed by atoms with Crippen molar-refractivity contribution in [3.8, 4) is 0 Å². The lowest BCUT2D eigenvalue weighted by molar-refractivity contribution is 0.585. The van der Waals surface area contributed by atoms with Crippen molar-refractivity contribution in [2.24, 2.45) is 5.73 Å². The van der Waals surface area contributed by atoms with Gasteiger partial charge in [0, 0.05) is 6.04 Å². The third-order valence-electron chi connectivity index (χ3n) is 2.98. The molecular weight excluding hydrogens is 246 g/mol. The molecular formula is C14H23NO2S. The number of rotatable bonds is 6. The monoisotopic (exact) mass is 269 g/mol. The van der Waals surface area contributed by atoms with Gasteiger partial charge in [0.2, 0.25) is 0 Å². The van der Waals surface area contributed by atoms with Crippen LogP contribution in [0.4, 0.5) is 0 Å². The Morgan fingerprint density at radius 1 is 1.11 bits per heavy atom. The van der Waals surface area contributed by atoms with Gasteiger partial charge in [-0.2, -0.15) is 0 Å². The summed E-state index contributed by atoms with van der Waals surface area (Å²) in [6.45, 7) is 6.07. The molecule has 0 saturated carbocycles. The first-order valence-electron chi connectivity index (χ1n) is 6.41. The highest BCUT2D eigenvalue weighted by molar-refractivity contribution is 7.91. The number of benzene rings is 1. The summed E-state index contributed by atoms with van der Waals surface area (Å²) in [6.07, 6.45) is 1.36. The largest absolute Gasteiger partial charge is 0.328 e. The zero-order valence-corrected chi connectivity index (χ0v) is 12.2. The van der Waals surface area contributed by atoms with E-state index in [9.17, 15) is 8.42 Å². The van der Waals surface area contributed by atoms with E-state index in [1.807, 2.05) is 19.1 Å². The summed E-state index contributed by atoms with van der Waals surface area (Å²) in [5, 5.41) is 0. The SMILES string of the molecule is CC(N)CCCS(=O)(=O)c1ccc(C(C)C)cc1. The van der Waals surface area contributed by atoms with E-state index >= 15 is 0 Å². The van der Waals surface area contributed by atoms with Crippen molar-refractivity contribution in [1.29, 1.82) is 0 Å². The van der Waals surface area contributed by atoms with Crippen LogP contribution in [0.5, 0.6) is 0 Å². The maximum absolute atomic E-state index is 12.1. The topological polar surface area (TPSA) is 60.2 Å². The van der Waals surface area contributed by atoms with Gasteiger partial charge in [0.05, 0.1) is 10.6 Å². The van der Waals surface area contributed by atoms with Gasteiger partial charge in [-0.15, -0.1) is 0 Å². The fourth-order valence-corrected chi connectivity index (χ4v) is 3.11. The van der Waals surface area contributed by atoms with E-state index in [1.54, 1.807) is 12.1 Å². The van der Waals surface area contributed by atoms with Crippen LogP contribution in [-0.4, -0.2) is 20.2 Å². The highest BCUT2D eigenvalue weighted by Gasteiger charge is 2.14. The van der Waals surface area contributed by atoms with Crippen LogP contribution in [0.25, 0.3) is 0 Å². The Morgan fingerprint density at radius 2 is 1.67 bits per heavy atom. The standard InChI is InChI=1S/C14H23NO2S/c1-11(2)13-6-8-14(9-7-13)18(16,17)10-4-5-12(3)15/h6-9,11-12H,4-5,10,15H2,1-3H3. The minimum absolute atomic E-state index is 0.0588. The Balaban J connectivity index is 2.73. The molecule has 0 aromatic heterocycles. The number of hydrogen-bond acceptors (Lipinski definition) is 3. The highest BCUT2D eigenvalue weighted by Crippen LogP contribution is 2.18. The van der Waals surface area contributed by atoms with Gasteiger partial charge in [-0.05, 0) is 43.4 Å². The van der Waals surface area contributed by atoms with Crippen molar-refractivity contribution >= 4 is 9.84 Å². The minimum atomic E-state index is -3.15. The summed E-state index contributed by atoms with van der Waals surface area (Å²) in [5.74, 6) is 0.593. The summed E-state index contributed by atoms with van der Waals surface area (Å²) in [6, 6.07) is 7.25. The lowest BCUT2D eigenvalue weighted by atomic mass is 10.0. The second-order valence-electron chi connectivity index (χ2n) is 5.16. The van der Waals surface area contributed by atoms with Gasteiger partial charge in [-0.25, -0.2) is 8.42 Å². The molecule has 0 aliphatic rings. The maximum atomic E-state index is 12.1. The molecule has 0 bridgehead atoms. The Bertz CT molecular complexity index is 461. The Hall–Kier alpha value is -0.870. The van der Waals surface area contributed by atoms with Crippen LogP contribution < -0.4 is 5.73 Å². The van der Waals surface area contributed by atoms with Gasteiger partial charge in [0.25, 0.3) is 0 Å². The third kappa shape index (κ3) is 4.42. The second kappa shape index (κ2) is 6.34. The molecule has 1 aromatic carbocycles. The van der Waals surface area contributed by atoms with Crippen LogP contribution >= 0.6 is 0 Å². The van der Waals surface area contributed by atoms with Crippen molar-refractivity contribution in [3.63, 3.8) is 0 Å². The van der Waals surface area contributed by atoms with Crippen molar-refractivity contribution in [2.45, 2.75) is 50.5 Å². The summed E-state index contributed by atoms with van der Waals surface area (Å²) in [7, 11) is -3.15. The van der Waals surface area contributed by atoms with Crippen LogP contribution in [0, 0.1) is 0 Å². The summed E-state index contributed by atoms with van der Waals surface area (Å²) in [4.78, 5) is 0.413. The van der Waals surface area contributed by atoms with Crippen LogP contribution in [0.2, 0.25) is 0 Å². The lowest BCUT2D eigenvalue weighted by Gasteiger charge is -2.09. The average Bonchev–Trinajstić information content (AvgIpc) is 2.28. The van der Waals surface area contributed by atoms with E-state index in [1.165, 1.54) is 0 Å². The molecule has 0 saturated heterocycles. The van der Waals surface area contributed by atoms with Crippen LogP contribution in [-0.2, 0) is 9.84 Å². The molecule has 1 aromatic rings. The fourth-order valence-electron chi connectivity index (χ4n) is 1.77. The molecule has 18 heavy (non-hydrogen) atoms. The fraction of sp³-hybridized carbons (Fsp3) is 0.571. The first kappa shape index (κ1) is 15.2. The first-order chi connectivity index (χ1) is 8.33.